The van der Waals surface area contributed by atoms with Crippen LogP contribution in [-0.2, 0) is 0 Å². The molecule has 0 radical (unpaired) electrons. The van der Waals surface area contributed by atoms with Crippen molar-refractivity contribution in [2.75, 3.05) is 12.8 Å². The highest BCUT2D eigenvalue weighted by molar-refractivity contribution is 6.34. The third kappa shape index (κ3) is 3.19. The van der Waals surface area contributed by atoms with Crippen LogP contribution in [0.2, 0.25) is 5.02 Å². The Kier molecular flexibility index (Phi) is 4.53. The molecule has 110 valence electrons. The summed E-state index contributed by atoms with van der Waals surface area (Å²) in [6, 6.07) is 13.0. The summed E-state index contributed by atoms with van der Waals surface area (Å²) < 4.78 is 0. The van der Waals surface area contributed by atoms with Crippen molar-refractivity contribution in [2.24, 2.45) is 0 Å². The summed E-state index contributed by atoms with van der Waals surface area (Å²) in [4.78, 5) is 14.3. The average Bonchev–Trinajstić information content (AvgIpc) is 2.48. The van der Waals surface area contributed by atoms with Gasteiger partial charge in [-0.05, 0) is 43.2 Å². The zero-order valence-corrected chi connectivity index (χ0v) is 13.2. The van der Waals surface area contributed by atoms with Crippen LogP contribution in [0.4, 0.5) is 5.69 Å². The van der Waals surface area contributed by atoms with Crippen molar-refractivity contribution in [2.45, 2.75) is 19.9 Å². The molecule has 0 saturated carbocycles. The second-order valence-corrected chi connectivity index (χ2v) is 5.58. The van der Waals surface area contributed by atoms with E-state index in [0.29, 0.717) is 16.3 Å². The molecule has 0 aliphatic rings. The molecule has 3 nitrogen and oxygen atoms in total. The summed E-state index contributed by atoms with van der Waals surface area (Å²) >= 11 is 6.24. The fraction of sp³-hybridized carbons (Fsp3) is 0.235. The number of nitrogens with two attached hydrogens (primary N) is 1. The van der Waals surface area contributed by atoms with Gasteiger partial charge in [-0.1, -0.05) is 35.9 Å². The van der Waals surface area contributed by atoms with Gasteiger partial charge in [-0.15, -0.1) is 0 Å². The molecule has 0 saturated heterocycles. The van der Waals surface area contributed by atoms with Gasteiger partial charge in [0.25, 0.3) is 5.91 Å². The molecule has 0 heterocycles. The second kappa shape index (κ2) is 6.19. The van der Waals surface area contributed by atoms with Gasteiger partial charge in [0.1, 0.15) is 0 Å². The molecule has 4 heteroatoms. The standard InChI is InChI=1S/C17H19ClN2O/c1-11-6-4-9-15(16(11)18)17(21)20(3)12(2)13-7-5-8-14(19)10-13/h4-10,12H,19H2,1-3H3. The Morgan fingerprint density at radius 1 is 1.24 bits per heavy atom. The fourth-order valence-corrected chi connectivity index (χ4v) is 2.43. The van der Waals surface area contributed by atoms with Crippen LogP contribution in [0.5, 0.6) is 0 Å². The molecule has 2 rings (SSSR count). The first-order valence-corrected chi connectivity index (χ1v) is 7.17. The topological polar surface area (TPSA) is 46.3 Å². The summed E-state index contributed by atoms with van der Waals surface area (Å²) in [5.74, 6) is -0.0985. The minimum atomic E-state index is -0.0985. The van der Waals surface area contributed by atoms with E-state index in [0.717, 1.165) is 11.1 Å². The number of rotatable bonds is 3. The molecule has 2 aromatic carbocycles. The molecule has 0 aromatic heterocycles. The van der Waals surface area contributed by atoms with Crippen LogP contribution in [0.15, 0.2) is 42.5 Å². The van der Waals surface area contributed by atoms with Crippen molar-refractivity contribution < 1.29 is 4.79 Å². The van der Waals surface area contributed by atoms with E-state index >= 15 is 0 Å². The SMILES string of the molecule is Cc1cccc(C(=O)N(C)C(C)c2cccc(N)c2)c1Cl. The number of hydrogen-bond donors (Lipinski definition) is 1. The van der Waals surface area contributed by atoms with Gasteiger partial charge in [0, 0.05) is 12.7 Å². The largest absolute Gasteiger partial charge is 0.399 e. The first-order valence-electron chi connectivity index (χ1n) is 6.79. The lowest BCUT2D eigenvalue weighted by Crippen LogP contribution is -2.30. The number of aryl methyl sites for hydroxylation is 1. The van der Waals surface area contributed by atoms with Crippen LogP contribution in [0, 0.1) is 6.92 Å². The summed E-state index contributed by atoms with van der Waals surface area (Å²) in [6.45, 7) is 3.86. The van der Waals surface area contributed by atoms with E-state index in [1.54, 1.807) is 18.0 Å². The molecule has 2 N–H and O–H groups in total. The molecule has 0 fully saturated rings. The van der Waals surface area contributed by atoms with Crippen molar-refractivity contribution in [3.63, 3.8) is 0 Å². The van der Waals surface area contributed by atoms with Crippen LogP contribution in [-0.4, -0.2) is 17.9 Å². The number of carbonyl (C=O) groups is 1. The fourth-order valence-electron chi connectivity index (χ4n) is 2.22. The molecule has 0 aliphatic carbocycles. The lowest BCUT2D eigenvalue weighted by atomic mass is 10.0. The quantitative estimate of drug-likeness (QED) is 0.869. The van der Waals surface area contributed by atoms with Crippen molar-refractivity contribution in [3.05, 3.63) is 64.2 Å². The number of carbonyl (C=O) groups excluding carboxylic acids is 1. The Labute approximate surface area is 130 Å². The van der Waals surface area contributed by atoms with E-state index < -0.39 is 0 Å². The molecule has 0 aliphatic heterocycles. The average molecular weight is 303 g/mol. The summed E-state index contributed by atoms with van der Waals surface area (Å²) in [7, 11) is 1.77. The van der Waals surface area contributed by atoms with Gasteiger partial charge in [-0.25, -0.2) is 0 Å². The van der Waals surface area contributed by atoms with Crippen molar-refractivity contribution in [3.8, 4) is 0 Å². The van der Waals surface area contributed by atoms with Gasteiger partial charge < -0.3 is 10.6 Å². The minimum Gasteiger partial charge on any atom is -0.399 e. The Hall–Kier alpha value is -2.00. The van der Waals surface area contributed by atoms with E-state index in [-0.39, 0.29) is 11.9 Å². The highest BCUT2D eigenvalue weighted by atomic mass is 35.5. The Balaban J connectivity index is 2.29. The van der Waals surface area contributed by atoms with Gasteiger partial charge >= 0.3 is 0 Å². The molecular weight excluding hydrogens is 284 g/mol. The molecule has 1 atom stereocenters. The molecule has 21 heavy (non-hydrogen) atoms. The van der Waals surface area contributed by atoms with Crippen LogP contribution >= 0.6 is 11.6 Å². The lowest BCUT2D eigenvalue weighted by Gasteiger charge is -2.26. The summed E-state index contributed by atoms with van der Waals surface area (Å²) in [5.41, 5.74) is 8.91. The monoisotopic (exact) mass is 302 g/mol. The van der Waals surface area contributed by atoms with Gasteiger partial charge in [0.15, 0.2) is 0 Å². The van der Waals surface area contributed by atoms with Crippen LogP contribution in [0.1, 0.15) is 34.5 Å². The number of nitrogens with zero attached hydrogens (tertiary/aromatic N) is 1. The van der Waals surface area contributed by atoms with E-state index in [4.69, 9.17) is 17.3 Å². The highest BCUT2D eigenvalue weighted by Crippen LogP contribution is 2.26. The van der Waals surface area contributed by atoms with E-state index in [1.807, 2.05) is 50.2 Å². The number of halogens is 1. The molecule has 0 spiro atoms. The summed E-state index contributed by atoms with van der Waals surface area (Å²) in [6.07, 6.45) is 0. The van der Waals surface area contributed by atoms with Gasteiger partial charge in [0.05, 0.1) is 16.6 Å². The first-order chi connectivity index (χ1) is 9.91. The van der Waals surface area contributed by atoms with Gasteiger partial charge in [-0.3, -0.25) is 4.79 Å². The van der Waals surface area contributed by atoms with E-state index in [1.165, 1.54) is 0 Å². The number of amides is 1. The number of benzene rings is 2. The first kappa shape index (κ1) is 15.4. The summed E-state index contributed by atoms with van der Waals surface area (Å²) in [5, 5.41) is 0.508. The van der Waals surface area contributed by atoms with Crippen molar-refractivity contribution in [1.29, 1.82) is 0 Å². The maximum absolute atomic E-state index is 12.6. The highest BCUT2D eigenvalue weighted by Gasteiger charge is 2.21. The third-order valence-corrected chi connectivity index (χ3v) is 4.22. The maximum Gasteiger partial charge on any atom is 0.255 e. The zero-order chi connectivity index (χ0) is 15.6. The molecular formula is C17H19ClN2O. The smallest absolute Gasteiger partial charge is 0.255 e. The second-order valence-electron chi connectivity index (χ2n) is 5.20. The molecule has 1 amide bonds. The Morgan fingerprint density at radius 2 is 1.90 bits per heavy atom. The van der Waals surface area contributed by atoms with Gasteiger partial charge in [-0.2, -0.15) is 0 Å². The van der Waals surface area contributed by atoms with Gasteiger partial charge in [0.2, 0.25) is 0 Å². The third-order valence-electron chi connectivity index (χ3n) is 3.72. The Bertz CT molecular complexity index is 670. The lowest BCUT2D eigenvalue weighted by molar-refractivity contribution is 0.0742. The van der Waals surface area contributed by atoms with Crippen LogP contribution in [0.3, 0.4) is 0 Å². The maximum atomic E-state index is 12.6. The Morgan fingerprint density at radius 3 is 2.57 bits per heavy atom. The van der Waals surface area contributed by atoms with E-state index in [2.05, 4.69) is 0 Å². The zero-order valence-electron chi connectivity index (χ0n) is 12.4. The molecule has 1 unspecified atom stereocenters. The molecule has 0 bridgehead atoms. The number of hydrogen-bond acceptors (Lipinski definition) is 2. The molecule has 2 aromatic rings. The van der Waals surface area contributed by atoms with Crippen molar-refractivity contribution in [1.82, 2.24) is 4.90 Å². The number of anilines is 1. The normalized spacial score (nSPS) is 12.0. The van der Waals surface area contributed by atoms with E-state index in [9.17, 15) is 4.79 Å². The number of nitrogen functional groups attached to an aromatic ring is 1. The van der Waals surface area contributed by atoms with Crippen LogP contribution < -0.4 is 5.73 Å². The predicted octanol–water partition coefficient (Wildman–Crippen LogP) is 4.06. The minimum absolute atomic E-state index is 0.0856. The predicted molar refractivity (Wildman–Crippen MR) is 87.6 cm³/mol. The van der Waals surface area contributed by atoms with Crippen molar-refractivity contribution >= 4 is 23.2 Å². The van der Waals surface area contributed by atoms with Crippen LogP contribution in [0.25, 0.3) is 0 Å².